The third kappa shape index (κ3) is 6.27. The first-order valence-electron chi connectivity index (χ1n) is 12.0. The molecule has 1 saturated heterocycles. The first-order valence-corrected chi connectivity index (χ1v) is 12.0. The first kappa shape index (κ1) is 24.5. The van der Waals surface area contributed by atoms with E-state index >= 15 is 0 Å². The van der Waals surface area contributed by atoms with Crippen molar-refractivity contribution in [3.05, 3.63) is 102 Å². The molecule has 0 spiro atoms. The molecule has 5 nitrogen and oxygen atoms in total. The Morgan fingerprint density at radius 3 is 2.34 bits per heavy atom. The lowest BCUT2D eigenvalue weighted by Crippen LogP contribution is -2.50. The molecule has 1 aliphatic rings. The SMILES string of the molecule is CN(Cc1ccccc1)C(=O)C[C@]1(COc2ccccc2)CCCN(C(=O)c2ccccc2F)C1. The van der Waals surface area contributed by atoms with Gasteiger partial charge in [-0.15, -0.1) is 0 Å². The number of hydrogen-bond donors (Lipinski definition) is 0. The van der Waals surface area contributed by atoms with E-state index in [-0.39, 0.29) is 23.8 Å². The van der Waals surface area contributed by atoms with Crippen LogP contribution in [0.15, 0.2) is 84.9 Å². The van der Waals surface area contributed by atoms with Crippen molar-refractivity contribution in [1.29, 1.82) is 0 Å². The van der Waals surface area contributed by atoms with Crippen LogP contribution in [-0.2, 0) is 11.3 Å². The highest BCUT2D eigenvalue weighted by molar-refractivity contribution is 5.94. The predicted octanol–water partition coefficient (Wildman–Crippen LogP) is 5.18. The number of ether oxygens (including phenoxy) is 1. The zero-order chi connectivity index (χ0) is 24.7. The van der Waals surface area contributed by atoms with Gasteiger partial charge in [-0.05, 0) is 42.7 Å². The molecule has 1 aliphatic heterocycles. The number of carbonyl (C=O) groups is 2. The summed E-state index contributed by atoms with van der Waals surface area (Å²) in [6.45, 7) is 1.66. The minimum atomic E-state index is -0.572. The first-order chi connectivity index (χ1) is 17.0. The molecule has 3 aromatic rings. The fourth-order valence-corrected chi connectivity index (χ4v) is 4.65. The highest BCUT2D eigenvalue weighted by Gasteiger charge is 2.41. The molecule has 0 N–H and O–H groups in total. The number of amides is 2. The summed E-state index contributed by atoms with van der Waals surface area (Å²) in [7, 11) is 1.80. The van der Waals surface area contributed by atoms with E-state index in [0.29, 0.717) is 32.7 Å². The van der Waals surface area contributed by atoms with Crippen molar-refractivity contribution in [3.8, 4) is 5.75 Å². The number of likely N-dealkylation sites (tertiary alicyclic amines) is 1. The maximum absolute atomic E-state index is 14.3. The van der Waals surface area contributed by atoms with Gasteiger partial charge in [0.2, 0.25) is 5.91 Å². The second-order valence-electron chi connectivity index (χ2n) is 9.32. The zero-order valence-electron chi connectivity index (χ0n) is 20.0. The number of para-hydroxylation sites is 1. The molecule has 4 rings (SSSR count). The quantitative estimate of drug-likeness (QED) is 0.452. The monoisotopic (exact) mass is 474 g/mol. The summed E-state index contributed by atoms with van der Waals surface area (Å²) in [5, 5.41) is 0. The maximum Gasteiger partial charge on any atom is 0.256 e. The molecule has 0 bridgehead atoms. The van der Waals surface area contributed by atoms with E-state index in [1.807, 2.05) is 60.7 Å². The zero-order valence-corrected chi connectivity index (χ0v) is 20.0. The number of carbonyl (C=O) groups excluding carboxylic acids is 2. The Labute approximate surface area is 206 Å². The van der Waals surface area contributed by atoms with Crippen LogP contribution in [0.1, 0.15) is 35.2 Å². The van der Waals surface area contributed by atoms with Crippen LogP contribution < -0.4 is 4.74 Å². The fourth-order valence-electron chi connectivity index (χ4n) is 4.65. The van der Waals surface area contributed by atoms with Gasteiger partial charge in [0, 0.05) is 38.5 Å². The molecule has 0 radical (unpaired) electrons. The summed E-state index contributed by atoms with van der Waals surface area (Å²) in [4.78, 5) is 29.9. The molecule has 3 aromatic carbocycles. The molecule has 35 heavy (non-hydrogen) atoms. The highest BCUT2D eigenvalue weighted by Crippen LogP contribution is 2.36. The minimum absolute atomic E-state index is 0.00861. The summed E-state index contributed by atoms with van der Waals surface area (Å²) in [6.07, 6.45) is 1.70. The second-order valence-corrected chi connectivity index (χ2v) is 9.32. The van der Waals surface area contributed by atoms with Crippen LogP contribution in [0, 0.1) is 11.2 Å². The Morgan fingerprint density at radius 2 is 1.63 bits per heavy atom. The van der Waals surface area contributed by atoms with E-state index in [1.165, 1.54) is 12.1 Å². The molecule has 0 aromatic heterocycles. The summed E-state index contributed by atoms with van der Waals surface area (Å²) in [5.41, 5.74) is 0.537. The van der Waals surface area contributed by atoms with E-state index in [1.54, 1.807) is 29.0 Å². The number of hydrogen-bond acceptors (Lipinski definition) is 3. The molecule has 1 heterocycles. The molecule has 1 fully saturated rings. The number of nitrogens with zero attached hydrogens (tertiary/aromatic N) is 2. The normalized spacial score (nSPS) is 17.6. The molecular weight excluding hydrogens is 443 g/mol. The molecule has 0 unspecified atom stereocenters. The fraction of sp³-hybridized carbons (Fsp3) is 0.310. The molecule has 182 valence electrons. The van der Waals surface area contributed by atoms with Crippen molar-refractivity contribution in [1.82, 2.24) is 9.80 Å². The average molecular weight is 475 g/mol. The van der Waals surface area contributed by atoms with E-state index < -0.39 is 11.2 Å². The van der Waals surface area contributed by atoms with Gasteiger partial charge in [-0.3, -0.25) is 9.59 Å². The summed E-state index contributed by atoms with van der Waals surface area (Å²) in [5.74, 6) is -0.176. The van der Waals surface area contributed by atoms with Crippen molar-refractivity contribution in [2.75, 3.05) is 26.7 Å². The molecule has 6 heteroatoms. The van der Waals surface area contributed by atoms with Crippen LogP contribution in [0.3, 0.4) is 0 Å². The molecule has 0 saturated carbocycles. The third-order valence-electron chi connectivity index (χ3n) is 6.56. The van der Waals surface area contributed by atoms with Gasteiger partial charge >= 0.3 is 0 Å². The summed E-state index contributed by atoms with van der Waals surface area (Å²) in [6, 6.07) is 25.3. The Morgan fingerprint density at radius 1 is 0.971 bits per heavy atom. The molecule has 2 amide bonds. The number of piperidine rings is 1. The topological polar surface area (TPSA) is 49.9 Å². The van der Waals surface area contributed by atoms with Crippen molar-refractivity contribution in [2.24, 2.45) is 5.41 Å². The molecule has 0 aliphatic carbocycles. The van der Waals surface area contributed by atoms with E-state index in [0.717, 1.165) is 17.7 Å². The highest BCUT2D eigenvalue weighted by atomic mass is 19.1. The lowest BCUT2D eigenvalue weighted by atomic mass is 9.77. The predicted molar refractivity (Wildman–Crippen MR) is 133 cm³/mol. The smallest absolute Gasteiger partial charge is 0.256 e. The van der Waals surface area contributed by atoms with Crippen LogP contribution in [0.5, 0.6) is 5.75 Å². The van der Waals surface area contributed by atoms with Gasteiger partial charge in [0.1, 0.15) is 11.6 Å². The average Bonchev–Trinajstić information content (AvgIpc) is 2.89. The largest absolute Gasteiger partial charge is 0.493 e. The minimum Gasteiger partial charge on any atom is -0.493 e. The van der Waals surface area contributed by atoms with E-state index in [2.05, 4.69) is 0 Å². The Bertz CT molecular complexity index is 1140. The van der Waals surface area contributed by atoms with Gasteiger partial charge in [-0.1, -0.05) is 60.7 Å². The third-order valence-corrected chi connectivity index (χ3v) is 6.56. The lowest BCUT2D eigenvalue weighted by molar-refractivity contribution is -0.134. The Hall–Kier alpha value is -3.67. The van der Waals surface area contributed by atoms with Gasteiger partial charge in [0.15, 0.2) is 0 Å². The van der Waals surface area contributed by atoms with E-state index in [9.17, 15) is 14.0 Å². The van der Waals surface area contributed by atoms with Gasteiger partial charge in [-0.2, -0.15) is 0 Å². The van der Waals surface area contributed by atoms with Crippen molar-refractivity contribution < 1.29 is 18.7 Å². The van der Waals surface area contributed by atoms with Gasteiger partial charge in [0.25, 0.3) is 5.91 Å². The second kappa shape index (κ2) is 11.2. The lowest BCUT2D eigenvalue weighted by Gasteiger charge is -2.43. The van der Waals surface area contributed by atoms with E-state index in [4.69, 9.17) is 4.74 Å². The van der Waals surface area contributed by atoms with Crippen LogP contribution >= 0.6 is 0 Å². The Kier molecular flexibility index (Phi) is 7.80. The van der Waals surface area contributed by atoms with Crippen molar-refractivity contribution in [2.45, 2.75) is 25.8 Å². The van der Waals surface area contributed by atoms with Crippen LogP contribution in [0.2, 0.25) is 0 Å². The van der Waals surface area contributed by atoms with Gasteiger partial charge < -0.3 is 14.5 Å². The standard InChI is InChI=1S/C29H31FN2O3/c1-31(20-23-11-4-2-5-12-23)27(33)19-29(22-35-24-13-6-3-7-14-24)17-10-18-32(21-29)28(34)25-15-8-9-16-26(25)30/h2-9,11-16H,10,17-22H2,1H3/t29-/m1/s1. The Balaban J connectivity index is 1.53. The number of halogens is 1. The molecular formula is C29H31FN2O3. The van der Waals surface area contributed by atoms with Crippen LogP contribution in [0.4, 0.5) is 4.39 Å². The number of benzene rings is 3. The molecule has 1 atom stereocenters. The van der Waals surface area contributed by atoms with Gasteiger partial charge in [-0.25, -0.2) is 4.39 Å². The van der Waals surface area contributed by atoms with Crippen LogP contribution in [0.25, 0.3) is 0 Å². The maximum atomic E-state index is 14.3. The van der Waals surface area contributed by atoms with Crippen molar-refractivity contribution >= 4 is 11.8 Å². The summed E-state index contributed by atoms with van der Waals surface area (Å²) >= 11 is 0. The van der Waals surface area contributed by atoms with Crippen molar-refractivity contribution in [3.63, 3.8) is 0 Å². The number of rotatable bonds is 8. The summed E-state index contributed by atoms with van der Waals surface area (Å²) < 4.78 is 20.5. The van der Waals surface area contributed by atoms with Crippen LogP contribution in [-0.4, -0.2) is 48.4 Å². The van der Waals surface area contributed by atoms with Gasteiger partial charge in [0.05, 0.1) is 12.2 Å².